The van der Waals surface area contributed by atoms with Gasteiger partial charge in [-0.05, 0) is 42.0 Å². The zero-order chi connectivity index (χ0) is 16.4. The van der Waals surface area contributed by atoms with Crippen LogP contribution in [0.15, 0.2) is 74.0 Å². The van der Waals surface area contributed by atoms with Gasteiger partial charge in [-0.3, -0.25) is 4.79 Å². The number of halogens is 2. The third kappa shape index (κ3) is 3.79. The largest absolute Gasteiger partial charge is 0.338 e. The zero-order valence-corrected chi connectivity index (χ0v) is 16.3. The van der Waals surface area contributed by atoms with Crippen LogP contribution in [0, 0.1) is 0 Å². The van der Waals surface area contributed by atoms with Crippen molar-refractivity contribution in [3.8, 4) is 0 Å². The van der Waals surface area contributed by atoms with Crippen LogP contribution in [0.4, 0.5) is 0 Å². The molecular weight excluding hydrogens is 438 g/mol. The highest BCUT2D eigenvalue weighted by atomic mass is 79.9. The Morgan fingerprint density at radius 2 is 1.57 bits per heavy atom. The molecule has 0 radical (unpaired) electrons. The number of benzene rings is 2. The summed E-state index contributed by atoms with van der Waals surface area (Å²) in [4.78, 5) is 14.4. The second-order valence-corrected chi connectivity index (χ2v) is 7.76. The lowest BCUT2D eigenvalue weighted by Crippen LogP contribution is -2.11. The lowest BCUT2D eigenvalue weighted by atomic mass is 10.1. The molecule has 0 aromatic heterocycles. The van der Waals surface area contributed by atoms with Crippen molar-refractivity contribution >= 4 is 55.1 Å². The first kappa shape index (κ1) is 16.6. The predicted octanol–water partition coefficient (Wildman–Crippen LogP) is 5.91. The summed E-state index contributed by atoms with van der Waals surface area (Å²) in [5.74, 6) is 0.0114. The highest BCUT2D eigenvalue weighted by molar-refractivity contribution is 9.10. The predicted molar refractivity (Wildman–Crippen MR) is 104 cm³/mol. The molecule has 2 aromatic rings. The number of hydrogen-bond donors (Lipinski definition) is 0. The first-order valence-corrected chi connectivity index (χ1v) is 9.39. The molecule has 0 atom stereocenters. The van der Waals surface area contributed by atoms with E-state index in [1.807, 2.05) is 48.3 Å². The Morgan fingerprint density at radius 1 is 1.00 bits per heavy atom. The summed E-state index contributed by atoms with van der Waals surface area (Å²) in [6.45, 7) is 0. The van der Waals surface area contributed by atoms with Crippen LogP contribution >= 0.6 is 43.6 Å². The standard InChI is InChI=1S/C18H13Br2NOS/c1-21-16(12-2-6-14(19)7-3-12)11-23-18(21)10-17(22)13-4-8-15(20)9-5-13/h2-11H,1H3/b18-10+. The molecule has 0 saturated heterocycles. The maximum atomic E-state index is 12.4. The van der Waals surface area contributed by atoms with Crippen LogP contribution in [0.3, 0.4) is 0 Å². The van der Waals surface area contributed by atoms with E-state index < -0.39 is 0 Å². The average Bonchev–Trinajstić information content (AvgIpc) is 2.90. The van der Waals surface area contributed by atoms with Gasteiger partial charge in [-0.25, -0.2) is 0 Å². The smallest absolute Gasteiger partial charge is 0.188 e. The summed E-state index contributed by atoms with van der Waals surface area (Å²) in [6.07, 6.45) is 1.69. The molecule has 0 bridgehead atoms. The molecule has 0 N–H and O–H groups in total. The molecule has 1 aliphatic heterocycles. The van der Waals surface area contributed by atoms with E-state index in [1.165, 1.54) is 0 Å². The van der Waals surface area contributed by atoms with Gasteiger partial charge in [-0.1, -0.05) is 55.8 Å². The van der Waals surface area contributed by atoms with Crippen LogP contribution in [0.5, 0.6) is 0 Å². The fraction of sp³-hybridized carbons (Fsp3) is 0.0556. The number of rotatable bonds is 3. The van der Waals surface area contributed by atoms with Gasteiger partial charge in [-0.15, -0.1) is 0 Å². The summed E-state index contributed by atoms with van der Waals surface area (Å²) >= 11 is 8.39. The Balaban J connectivity index is 1.79. The molecule has 0 amide bonds. The minimum atomic E-state index is 0.0114. The fourth-order valence-electron chi connectivity index (χ4n) is 2.22. The second-order valence-electron chi connectivity index (χ2n) is 5.04. The van der Waals surface area contributed by atoms with Gasteiger partial charge in [0.05, 0.1) is 10.7 Å². The van der Waals surface area contributed by atoms with Gasteiger partial charge in [0.2, 0.25) is 0 Å². The van der Waals surface area contributed by atoms with Gasteiger partial charge in [-0.2, -0.15) is 0 Å². The topological polar surface area (TPSA) is 20.3 Å². The Hall–Kier alpha value is -1.30. The molecule has 116 valence electrons. The Morgan fingerprint density at radius 3 is 2.17 bits per heavy atom. The lowest BCUT2D eigenvalue weighted by molar-refractivity contribution is 0.104. The van der Waals surface area contributed by atoms with E-state index in [9.17, 15) is 4.79 Å². The maximum Gasteiger partial charge on any atom is 0.188 e. The third-order valence-corrected chi connectivity index (χ3v) is 5.54. The molecule has 2 aromatic carbocycles. The molecule has 1 heterocycles. The number of allylic oxidation sites excluding steroid dienone is 1. The number of hydrogen-bond acceptors (Lipinski definition) is 3. The monoisotopic (exact) mass is 449 g/mol. The van der Waals surface area contributed by atoms with Crippen molar-refractivity contribution in [2.24, 2.45) is 0 Å². The average molecular weight is 451 g/mol. The van der Waals surface area contributed by atoms with Crippen LogP contribution in [0.25, 0.3) is 5.70 Å². The number of nitrogens with zero attached hydrogens (tertiary/aromatic N) is 1. The molecule has 3 rings (SSSR count). The Labute approximate surface area is 156 Å². The van der Waals surface area contributed by atoms with Crippen LogP contribution in [-0.2, 0) is 0 Å². The highest BCUT2D eigenvalue weighted by Gasteiger charge is 2.20. The molecule has 0 saturated carbocycles. The highest BCUT2D eigenvalue weighted by Crippen LogP contribution is 2.38. The molecule has 0 aliphatic carbocycles. The Kier molecular flexibility index (Phi) is 5.09. The fourth-order valence-corrected chi connectivity index (χ4v) is 3.70. The molecule has 23 heavy (non-hydrogen) atoms. The van der Waals surface area contributed by atoms with E-state index in [4.69, 9.17) is 0 Å². The van der Waals surface area contributed by atoms with Gasteiger partial charge in [0.15, 0.2) is 5.78 Å². The summed E-state index contributed by atoms with van der Waals surface area (Å²) in [5.41, 5.74) is 2.91. The van der Waals surface area contributed by atoms with Gasteiger partial charge in [0, 0.05) is 33.0 Å². The van der Waals surface area contributed by atoms with E-state index in [-0.39, 0.29) is 5.78 Å². The third-order valence-electron chi connectivity index (χ3n) is 3.51. The van der Waals surface area contributed by atoms with Crippen molar-refractivity contribution in [1.82, 2.24) is 4.90 Å². The molecule has 2 nitrogen and oxygen atoms in total. The summed E-state index contributed by atoms with van der Waals surface area (Å²) in [5, 5.41) is 3.00. The lowest BCUT2D eigenvalue weighted by Gasteiger charge is -2.17. The van der Waals surface area contributed by atoms with Crippen LogP contribution in [-0.4, -0.2) is 17.7 Å². The molecule has 0 spiro atoms. The van der Waals surface area contributed by atoms with Crippen molar-refractivity contribution in [3.63, 3.8) is 0 Å². The van der Waals surface area contributed by atoms with Crippen molar-refractivity contribution in [2.75, 3.05) is 7.05 Å². The quantitative estimate of drug-likeness (QED) is 0.428. The van der Waals surface area contributed by atoms with Crippen molar-refractivity contribution in [1.29, 1.82) is 0 Å². The minimum absolute atomic E-state index is 0.0114. The Bertz CT molecular complexity index is 795. The van der Waals surface area contributed by atoms with E-state index in [1.54, 1.807) is 17.8 Å². The molecule has 5 heteroatoms. The SMILES string of the molecule is CN1C(c2ccc(Br)cc2)=CS/C1=C/C(=O)c1ccc(Br)cc1. The minimum Gasteiger partial charge on any atom is -0.338 e. The summed E-state index contributed by atoms with van der Waals surface area (Å²) < 4.78 is 2.02. The maximum absolute atomic E-state index is 12.4. The van der Waals surface area contributed by atoms with Crippen LogP contribution in [0.2, 0.25) is 0 Å². The van der Waals surface area contributed by atoms with Gasteiger partial charge in [0.25, 0.3) is 0 Å². The summed E-state index contributed by atoms with van der Waals surface area (Å²) in [7, 11) is 1.98. The van der Waals surface area contributed by atoms with Gasteiger partial charge < -0.3 is 4.90 Å². The van der Waals surface area contributed by atoms with E-state index in [0.29, 0.717) is 5.56 Å². The van der Waals surface area contributed by atoms with Crippen LogP contribution in [0.1, 0.15) is 15.9 Å². The number of thioether (sulfide) groups is 1. The number of carbonyl (C=O) groups excluding carboxylic acids is 1. The zero-order valence-electron chi connectivity index (χ0n) is 12.3. The molecule has 0 unspecified atom stereocenters. The van der Waals surface area contributed by atoms with Crippen molar-refractivity contribution in [3.05, 3.63) is 85.1 Å². The van der Waals surface area contributed by atoms with Crippen molar-refractivity contribution < 1.29 is 4.79 Å². The molecule has 1 aliphatic rings. The van der Waals surface area contributed by atoms with Gasteiger partial charge >= 0.3 is 0 Å². The molecule has 0 fully saturated rings. The van der Waals surface area contributed by atoms with Crippen molar-refractivity contribution in [2.45, 2.75) is 0 Å². The van der Waals surface area contributed by atoms with E-state index in [2.05, 4.69) is 49.4 Å². The summed E-state index contributed by atoms with van der Waals surface area (Å²) in [6, 6.07) is 15.6. The molecular formula is C18H13Br2NOS. The normalized spacial score (nSPS) is 15.9. The first-order valence-electron chi connectivity index (χ1n) is 6.93. The van der Waals surface area contributed by atoms with E-state index in [0.717, 1.165) is 25.2 Å². The number of ketones is 1. The number of carbonyl (C=O) groups is 1. The van der Waals surface area contributed by atoms with Gasteiger partial charge in [0.1, 0.15) is 0 Å². The van der Waals surface area contributed by atoms with E-state index >= 15 is 0 Å². The first-order chi connectivity index (χ1) is 11.0. The second kappa shape index (κ2) is 7.07. The van der Waals surface area contributed by atoms with Crippen LogP contribution < -0.4 is 0 Å².